The molecular formula is C13H16N2O4. The van der Waals surface area contributed by atoms with E-state index in [1.165, 1.54) is 4.90 Å². The highest BCUT2D eigenvalue weighted by atomic mass is 16.3. The quantitative estimate of drug-likeness (QED) is 0.684. The molecule has 6 heteroatoms. The Balaban J connectivity index is 2.06. The van der Waals surface area contributed by atoms with Crippen LogP contribution in [0.5, 0.6) is 0 Å². The van der Waals surface area contributed by atoms with Crippen molar-refractivity contribution in [3.05, 3.63) is 29.8 Å². The number of amides is 2. The number of nitrogens with zero attached hydrogens (tertiary/aromatic N) is 1. The number of carbonyl (C=O) groups excluding carboxylic acids is 2. The Morgan fingerprint density at radius 3 is 2.58 bits per heavy atom. The van der Waals surface area contributed by atoms with Crippen molar-refractivity contribution in [1.29, 1.82) is 0 Å². The molecule has 2 amide bonds. The Labute approximate surface area is 110 Å². The normalized spacial score (nSPS) is 18.7. The van der Waals surface area contributed by atoms with E-state index in [1.54, 1.807) is 24.3 Å². The van der Waals surface area contributed by atoms with E-state index < -0.39 is 6.10 Å². The molecule has 19 heavy (non-hydrogen) atoms. The van der Waals surface area contributed by atoms with E-state index in [1.807, 2.05) is 0 Å². The molecule has 0 saturated carbocycles. The van der Waals surface area contributed by atoms with Gasteiger partial charge >= 0.3 is 0 Å². The van der Waals surface area contributed by atoms with Crippen molar-refractivity contribution in [3.8, 4) is 0 Å². The number of rotatable bonds is 4. The molecule has 0 spiro atoms. The van der Waals surface area contributed by atoms with Crippen LogP contribution in [0.2, 0.25) is 0 Å². The monoisotopic (exact) mass is 264 g/mol. The highest BCUT2D eigenvalue weighted by molar-refractivity contribution is 5.98. The fourth-order valence-corrected chi connectivity index (χ4v) is 2.00. The van der Waals surface area contributed by atoms with Gasteiger partial charge in [0.2, 0.25) is 5.91 Å². The molecule has 0 aliphatic carbocycles. The van der Waals surface area contributed by atoms with Crippen LogP contribution in [0.4, 0.5) is 5.69 Å². The van der Waals surface area contributed by atoms with Crippen molar-refractivity contribution in [2.45, 2.75) is 12.5 Å². The first-order chi connectivity index (χ1) is 9.11. The van der Waals surface area contributed by atoms with Crippen LogP contribution in [-0.2, 0) is 4.79 Å². The first-order valence-corrected chi connectivity index (χ1v) is 6.09. The topological polar surface area (TPSA) is 89.9 Å². The van der Waals surface area contributed by atoms with Crippen molar-refractivity contribution in [2.24, 2.45) is 0 Å². The van der Waals surface area contributed by atoms with Crippen LogP contribution >= 0.6 is 0 Å². The predicted molar refractivity (Wildman–Crippen MR) is 68.8 cm³/mol. The zero-order chi connectivity index (χ0) is 13.8. The molecule has 1 fully saturated rings. The Morgan fingerprint density at radius 2 is 2.05 bits per heavy atom. The zero-order valence-corrected chi connectivity index (χ0v) is 10.4. The molecule has 1 heterocycles. The van der Waals surface area contributed by atoms with Gasteiger partial charge in [-0.3, -0.25) is 9.59 Å². The van der Waals surface area contributed by atoms with Crippen LogP contribution in [0.1, 0.15) is 16.8 Å². The number of aliphatic hydroxyl groups is 2. The van der Waals surface area contributed by atoms with Crippen LogP contribution in [-0.4, -0.2) is 47.8 Å². The van der Waals surface area contributed by atoms with Crippen molar-refractivity contribution >= 4 is 17.5 Å². The minimum Gasteiger partial charge on any atom is -0.395 e. The van der Waals surface area contributed by atoms with Gasteiger partial charge in [0.25, 0.3) is 5.91 Å². The lowest BCUT2D eigenvalue weighted by Crippen LogP contribution is -2.27. The van der Waals surface area contributed by atoms with Gasteiger partial charge in [-0.2, -0.15) is 0 Å². The predicted octanol–water partition coefficient (Wildman–Crippen LogP) is -0.494. The summed E-state index contributed by atoms with van der Waals surface area (Å²) in [6, 6.07) is 6.56. The molecule has 0 radical (unpaired) electrons. The van der Waals surface area contributed by atoms with E-state index in [2.05, 4.69) is 5.32 Å². The standard InChI is InChI=1S/C13H16N2O4/c16-6-5-14-13(19)9-1-3-10(4-2-9)15-8-11(17)7-12(15)18/h1-4,11,16-17H,5-8H2,(H,14,19). The molecule has 1 aliphatic heterocycles. The molecule has 0 aromatic heterocycles. The molecule has 1 aromatic rings. The summed E-state index contributed by atoms with van der Waals surface area (Å²) in [5, 5.41) is 20.6. The van der Waals surface area contributed by atoms with E-state index in [4.69, 9.17) is 5.11 Å². The lowest BCUT2D eigenvalue weighted by molar-refractivity contribution is -0.117. The molecule has 1 saturated heterocycles. The van der Waals surface area contributed by atoms with Gasteiger partial charge in [0.1, 0.15) is 0 Å². The first-order valence-electron chi connectivity index (χ1n) is 6.09. The molecule has 0 bridgehead atoms. The number of β-amino-alcohol motifs (C(OH)–C–C–N with tert-alkyl or cyclic N) is 1. The number of anilines is 1. The van der Waals surface area contributed by atoms with Crippen LogP contribution in [0.3, 0.4) is 0 Å². The summed E-state index contributed by atoms with van der Waals surface area (Å²) in [7, 11) is 0. The van der Waals surface area contributed by atoms with Crippen molar-refractivity contribution in [2.75, 3.05) is 24.6 Å². The van der Waals surface area contributed by atoms with E-state index in [9.17, 15) is 14.7 Å². The van der Waals surface area contributed by atoms with Gasteiger partial charge in [-0.25, -0.2) is 0 Å². The second kappa shape index (κ2) is 5.81. The van der Waals surface area contributed by atoms with E-state index in [-0.39, 0.29) is 37.9 Å². The smallest absolute Gasteiger partial charge is 0.251 e. The van der Waals surface area contributed by atoms with Gasteiger partial charge in [0.15, 0.2) is 0 Å². The van der Waals surface area contributed by atoms with Gasteiger partial charge in [0, 0.05) is 17.8 Å². The summed E-state index contributed by atoms with van der Waals surface area (Å²) in [6.07, 6.45) is -0.487. The van der Waals surface area contributed by atoms with E-state index in [0.29, 0.717) is 11.3 Å². The maximum atomic E-state index is 11.6. The molecule has 1 aromatic carbocycles. The summed E-state index contributed by atoms with van der Waals surface area (Å²) in [6.45, 7) is 0.385. The fraction of sp³-hybridized carbons (Fsp3) is 0.385. The van der Waals surface area contributed by atoms with Crippen molar-refractivity contribution in [3.63, 3.8) is 0 Å². The molecule has 3 N–H and O–H groups in total. The van der Waals surface area contributed by atoms with E-state index >= 15 is 0 Å². The molecular weight excluding hydrogens is 248 g/mol. The third kappa shape index (κ3) is 3.10. The summed E-state index contributed by atoms with van der Waals surface area (Å²) in [4.78, 5) is 24.7. The second-order valence-electron chi connectivity index (χ2n) is 4.39. The zero-order valence-electron chi connectivity index (χ0n) is 10.4. The minimum atomic E-state index is -0.625. The summed E-state index contributed by atoms with van der Waals surface area (Å²) < 4.78 is 0. The number of hydrogen-bond donors (Lipinski definition) is 3. The number of benzene rings is 1. The minimum absolute atomic E-state index is 0.107. The van der Waals surface area contributed by atoms with Gasteiger partial charge in [-0.05, 0) is 24.3 Å². The lowest BCUT2D eigenvalue weighted by Gasteiger charge is -2.16. The van der Waals surface area contributed by atoms with Crippen molar-refractivity contribution < 1.29 is 19.8 Å². The Bertz CT molecular complexity index is 472. The maximum absolute atomic E-state index is 11.6. The summed E-state index contributed by atoms with van der Waals surface area (Å²) in [5.74, 6) is -0.390. The molecule has 102 valence electrons. The average Bonchev–Trinajstić information content (AvgIpc) is 2.75. The number of carbonyl (C=O) groups is 2. The highest BCUT2D eigenvalue weighted by Gasteiger charge is 2.28. The van der Waals surface area contributed by atoms with Crippen LogP contribution in [0, 0.1) is 0 Å². The van der Waals surface area contributed by atoms with E-state index in [0.717, 1.165) is 0 Å². The largest absolute Gasteiger partial charge is 0.395 e. The molecule has 1 aliphatic rings. The maximum Gasteiger partial charge on any atom is 0.251 e. The van der Waals surface area contributed by atoms with Gasteiger partial charge in [0.05, 0.1) is 25.7 Å². The fourth-order valence-electron chi connectivity index (χ4n) is 2.00. The Kier molecular flexibility index (Phi) is 4.13. The number of nitrogens with one attached hydrogen (secondary N) is 1. The van der Waals surface area contributed by atoms with Gasteiger partial charge < -0.3 is 20.4 Å². The van der Waals surface area contributed by atoms with Crippen LogP contribution in [0.25, 0.3) is 0 Å². The third-order valence-electron chi connectivity index (χ3n) is 2.94. The Morgan fingerprint density at radius 1 is 1.37 bits per heavy atom. The Hall–Kier alpha value is -1.92. The number of hydrogen-bond acceptors (Lipinski definition) is 4. The lowest BCUT2D eigenvalue weighted by atomic mass is 10.2. The van der Waals surface area contributed by atoms with Gasteiger partial charge in [-0.15, -0.1) is 0 Å². The average molecular weight is 264 g/mol. The summed E-state index contributed by atoms with van der Waals surface area (Å²) in [5.41, 5.74) is 1.13. The first kappa shape index (κ1) is 13.5. The number of aliphatic hydroxyl groups excluding tert-OH is 2. The molecule has 2 rings (SSSR count). The molecule has 1 unspecified atom stereocenters. The highest BCUT2D eigenvalue weighted by Crippen LogP contribution is 2.21. The second-order valence-corrected chi connectivity index (χ2v) is 4.39. The van der Waals surface area contributed by atoms with Crippen LogP contribution < -0.4 is 10.2 Å². The van der Waals surface area contributed by atoms with Crippen LogP contribution in [0.15, 0.2) is 24.3 Å². The third-order valence-corrected chi connectivity index (χ3v) is 2.94. The SMILES string of the molecule is O=C(NCCO)c1ccc(N2CC(O)CC2=O)cc1. The molecule has 1 atom stereocenters. The van der Waals surface area contributed by atoms with Crippen molar-refractivity contribution in [1.82, 2.24) is 5.32 Å². The summed E-state index contributed by atoms with van der Waals surface area (Å²) >= 11 is 0. The molecule has 6 nitrogen and oxygen atoms in total. The van der Waals surface area contributed by atoms with Gasteiger partial charge in [-0.1, -0.05) is 0 Å².